The third-order valence-corrected chi connectivity index (χ3v) is 4.90. The van der Waals surface area contributed by atoms with Gasteiger partial charge in [-0.05, 0) is 61.2 Å². The van der Waals surface area contributed by atoms with Crippen LogP contribution in [0.1, 0.15) is 27.9 Å². The Morgan fingerprint density at radius 3 is 2.43 bits per heavy atom. The summed E-state index contributed by atoms with van der Waals surface area (Å²) in [5, 5.41) is 19.1. The number of aryl methyl sites for hydroxylation is 1. The molecule has 0 saturated carbocycles. The summed E-state index contributed by atoms with van der Waals surface area (Å²) in [4.78, 5) is 15.5. The van der Waals surface area contributed by atoms with E-state index in [9.17, 15) is 9.90 Å². The number of carboxylic acid groups (broad SMARTS) is 1. The SMILES string of the molecule is Cc1cc(OCC(=O)O)c(C)c(C)c1Cc1ccc(O)c(-c2ccccc2)n1. The summed E-state index contributed by atoms with van der Waals surface area (Å²) in [7, 11) is 0. The van der Waals surface area contributed by atoms with Crippen LogP contribution >= 0.6 is 0 Å². The minimum Gasteiger partial charge on any atom is -0.506 e. The quantitative estimate of drug-likeness (QED) is 0.664. The van der Waals surface area contributed by atoms with Gasteiger partial charge in [-0.3, -0.25) is 0 Å². The smallest absolute Gasteiger partial charge is 0.341 e. The fourth-order valence-corrected chi connectivity index (χ4v) is 3.24. The molecule has 0 aliphatic rings. The second kappa shape index (κ2) is 8.13. The number of pyridine rings is 1. The number of nitrogens with zero attached hydrogens (tertiary/aromatic N) is 1. The van der Waals surface area contributed by atoms with Gasteiger partial charge >= 0.3 is 5.97 Å². The first-order valence-electron chi connectivity index (χ1n) is 9.05. The molecular weight excluding hydrogens is 354 g/mol. The monoisotopic (exact) mass is 377 g/mol. The lowest BCUT2D eigenvalue weighted by molar-refractivity contribution is -0.139. The molecular formula is C23H23NO4. The number of aliphatic carboxylic acids is 1. The van der Waals surface area contributed by atoms with Crippen molar-refractivity contribution in [1.29, 1.82) is 0 Å². The van der Waals surface area contributed by atoms with Gasteiger partial charge < -0.3 is 14.9 Å². The van der Waals surface area contributed by atoms with Crippen molar-refractivity contribution in [3.8, 4) is 22.8 Å². The van der Waals surface area contributed by atoms with Crippen molar-refractivity contribution < 1.29 is 19.7 Å². The van der Waals surface area contributed by atoms with Gasteiger partial charge in [0.1, 0.15) is 17.2 Å². The Morgan fingerprint density at radius 1 is 1.04 bits per heavy atom. The predicted octanol–water partition coefficient (Wildman–Crippen LogP) is 4.43. The minimum absolute atomic E-state index is 0.150. The van der Waals surface area contributed by atoms with E-state index in [2.05, 4.69) is 4.98 Å². The minimum atomic E-state index is -1.000. The van der Waals surface area contributed by atoms with Gasteiger partial charge in [0.2, 0.25) is 0 Å². The molecule has 144 valence electrons. The Balaban J connectivity index is 1.94. The van der Waals surface area contributed by atoms with Gasteiger partial charge in [0.05, 0.1) is 0 Å². The first-order valence-corrected chi connectivity index (χ1v) is 9.05. The second-order valence-electron chi connectivity index (χ2n) is 6.82. The van der Waals surface area contributed by atoms with Crippen molar-refractivity contribution in [1.82, 2.24) is 4.98 Å². The third-order valence-electron chi connectivity index (χ3n) is 4.90. The molecule has 3 rings (SSSR count). The second-order valence-corrected chi connectivity index (χ2v) is 6.82. The summed E-state index contributed by atoms with van der Waals surface area (Å²) >= 11 is 0. The van der Waals surface area contributed by atoms with Gasteiger partial charge in [-0.25, -0.2) is 9.78 Å². The van der Waals surface area contributed by atoms with Crippen molar-refractivity contribution in [3.05, 3.63) is 76.5 Å². The molecule has 0 amide bonds. The van der Waals surface area contributed by atoms with Crippen LogP contribution in [-0.2, 0) is 11.2 Å². The molecule has 2 N–H and O–H groups in total. The highest BCUT2D eigenvalue weighted by Crippen LogP contribution is 2.31. The molecule has 3 aromatic rings. The molecule has 0 aliphatic heterocycles. The predicted molar refractivity (Wildman–Crippen MR) is 108 cm³/mol. The normalized spacial score (nSPS) is 10.7. The first kappa shape index (κ1) is 19.4. The number of carboxylic acids is 1. The van der Waals surface area contributed by atoms with Crippen LogP contribution < -0.4 is 4.74 Å². The summed E-state index contributed by atoms with van der Waals surface area (Å²) < 4.78 is 5.41. The molecule has 0 saturated heterocycles. The Morgan fingerprint density at radius 2 is 1.75 bits per heavy atom. The summed E-state index contributed by atoms with van der Waals surface area (Å²) in [5.41, 5.74) is 6.38. The number of rotatable bonds is 6. The lowest BCUT2D eigenvalue weighted by Gasteiger charge is -2.17. The molecule has 5 heteroatoms. The van der Waals surface area contributed by atoms with E-state index < -0.39 is 5.97 Å². The number of hydrogen-bond donors (Lipinski definition) is 2. The van der Waals surface area contributed by atoms with Crippen LogP contribution in [0.3, 0.4) is 0 Å². The Bertz CT molecular complexity index is 1010. The molecule has 28 heavy (non-hydrogen) atoms. The van der Waals surface area contributed by atoms with Crippen molar-refractivity contribution in [3.63, 3.8) is 0 Å². The lowest BCUT2D eigenvalue weighted by atomic mass is 9.93. The first-order chi connectivity index (χ1) is 13.4. The van der Waals surface area contributed by atoms with Crippen molar-refractivity contribution >= 4 is 5.97 Å². The van der Waals surface area contributed by atoms with Crippen molar-refractivity contribution in [2.45, 2.75) is 27.2 Å². The topological polar surface area (TPSA) is 79.7 Å². The number of carbonyl (C=O) groups is 1. The largest absolute Gasteiger partial charge is 0.506 e. The maximum absolute atomic E-state index is 10.8. The maximum Gasteiger partial charge on any atom is 0.341 e. The zero-order valence-electron chi connectivity index (χ0n) is 16.2. The van der Waals surface area contributed by atoms with E-state index in [4.69, 9.17) is 9.84 Å². The number of aromatic nitrogens is 1. The van der Waals surface area contributed by atoms with E-state index >= 15 is 0 Å². The summed E-state index contributed by atoms with van der Waals surface area (Å²) in [5.74, 6) is -0.262. The van der Waals surface area contributed by atoms with Gasteiger partial charge in [0.25, 0.3) is 0 Å². The highest BCUT2D eigenvalue weighted by atomic mass is 16.5. The Kier molecular flexibility index (Phi) is 5.64. The summed E-state index contributed by atoms with van der Waals surface area (Å²) in [6.45, 7) is 5.55. The molecule has 2 aromatic carbocycles. The number of aromatic hydroxyl groups is 1. The van der Waals surface area contributed by atoms with Crippen molar-refractivity contribution in [2.24, 2.45) is 0 Å². The van der Waals surface area contributed by atoms with Gasteiger partial charge in [-0.1, -0.05) is 30.3 Å². The fraction of sp³-hybridized carbons (Fsp3) is 0.217. The summed E-state index contributed by atoms with van der Waals surface area (Å²) in [6.07, 6.45) is 0.609. The van der Waals surface area contributed by atoms with Crippen LogP contribution in [0, 0.1) is 20.8 Å². The molecule has 1 heterocycles. The van der Waals surface area contributed by atoms with Crippen LogP contribution in [-0.4, -0.2) is 27.8 Å². The van der Waals surface area contributed by atoms with Crippen LogP contribution in [0.4, 0.5) is 0 Å². The Hall–Kier alpha value is -3.34. The van der Waals surface area contributed by atoms with E-state index in [0.29, 0.717) is 17.9 Å². The molecule has 0 aliphatic carbocycles. The molecule has 0 radical (unpaired) electrons. The van der Waals surface area contributed by atoms with E-state index in [0.717, 1.165) is 33.5 Å². The van der Waals surface area contributed by atoms with Gasteiger partial charge in [0.15, 0.2) is 6.61 Å². The number of benzene rings is 2. The molecule has 5 nitrogen and oxygen atoms in total. The van der Waals surface area contributed by atoms with E-state index in [-0.39, 0.29) is 12.4 Å². The highest BCUT2D eigenvalue weighted by Gasteiger charge is 2.14. The fourth-order valence-electron chi connectivity index (χ4n) is 3.24. The van der Waals surface area contributed by atoms with Crippen LogP contribution in [0.2, 0.25) is 0 Å². The summed E-state index contributed by atoms with van der Waals surface area (Å²) in [6, 6.07) is 15.0. The number of hydrogen-bond acceptors (Lipinski definition) is 4. The van der Waals surface area contributed by atoms with Gasteiger partial charge in [-0.15, -0.1) is 0 Å². The zero-order valence-corrected chi connectivity index (χ0v) is 16.2. The third kappa shape index (κ3) is 4.14. The average molecular weight is 377 g/mol. The van der Waals surface area contributed by atoms with Crippen LogP contribution in [0.25, 0.3) is 11.3 Å². The standard InChI is InChI=1S/C23H23NO4/c1-14-11-21(28-13-22(26)27)16(3)15(2)19(14)12-18-9-10-20(25)23(24-18)17-7-5-4-6-8-17/h4-11,25H,12-13H2,1-3H3,(H,26,27). The van der Waals surface area contributed by atoms with E-state index in [1.54, 1.807) is 6.07 Å². The lowest BCUT2D eigenvalue weighted by Crippen LogP contribution is -2.11. The van der Waals surface area contributed by atoms with E-state index in [1.807, 2.05) is 63.2 Å². The molecule has 0 atom stereocenters. The maximum atomic E-state index is 10.8. The van der Waals surface area contributed by atoms with Crippen LogP contribution in [0.5, 0.6) is 11.5 Å². The molecule has 1 aromatic heterocycles. The Labute approximate surface area is 164 Å². The molecule has 0 bridgehead atoms. The van der Waals surface area contributed by atoms with Gasteiger partial charge in [0, 0.05) is 17.7 Å². The van der Waals surface area contributed by atoms with Crippen LogP contribution in [0.15, 0.2) is 48.5 Å². The molecule has 0 fully saturated rings. The molecule has 0 spiro atoms. The highest BCUT2D eigenvalue weighted by molar-refractivity contribution is 5.68. The van der Waals surface area contributed by atoms with Crippen molar-refractivity contribution in [2.75, 3.05) is 6.61 Å². The molecule has 0 unspecified atom stereocenters. The van der Waals surface area contributed by atoms with E-state index in [1.165, 1.54) is 0 Å². The number of ether oxygens (including phenoxy) is 1. The van der Waals surface area contributed by atoms with Gasteiger partial charge in [-0.2, -0.15) is 0 Å². The average Bonchev–Trinajstić information content (AvgIpc) is 2.68. The zero-order chi connectivity index (χ0) is 20.3.